The van der Waals surface area contributed by atoms with Crippen molar-refractivity contribution in [3.63, 3.8) is 0 Å². The maximum absolute atomic E-state index is 2.39. The lowest BCUT2D eigenvalue weighted by atomic mass is 10.1. The van der Waals surface area contributed by atoms with E-state index in [4.69, 9.17) is 0 Å². The van der Waals surface area contributed by atoms with Gasteiger partial charge >= 0.3 is 0 Å². The number of thioether (sulfide) groups is 8. The molecule has 8 heteroatoms. The summed E-state index contributed by atoms with van der Waals surface area (Å²) in [5.41, 5.74) is 3.22. The molecule has 0 bridgehead atoms. The fraction of sp³-hybridized carbons (Fsp3) is 0.222. The molecule has 134 valence electrons. The van der Waals surface area contributed by atoms with Crippen molar-refractivity contribution in [2.75, 3.05) is 0 Å². The van der Waals surface area contributed by atoms with Gasteiger partial charge in [0.2, 0.25) is 0 Å². The van der Waals surface area contributed by atoms with Crippen LogP contribution in [0.15, 0.2) is 70.4 Å². The molecule has 5 rings (SSSR count). The van der Waals surface area contributed by atoms with Crippen molar-refractivity contribution in [3.8, 4) is 0 Å². The molecular formula is C18H14S8. The molecule has 0 nitrogen and oxygen atoms in total. The van der Waals surface area contributed by atoms with Crippen LogP contribution in [0.2, 0.25) is 0 Å². The van der Waals surface area contributed by atoms with Crippen LogP contribution in [0, 0.1) is 0 Å². The monoisotopic (exact) mass is 486 g/mol. The number of allylic oxidation sites excluding steroid dienone is 3. The molecule has 26 heavy (non-hydrogen) atoms. The zero-order valence-corrected chi connectivity index (χ0v) is 20.1. The Kier molecular flexibility index (Phi) is 6.40. The number of hydrogen-bond acceptors (Lipinski definition) is 8. The summed E-state index contributed by atoms with van der Waals surface area (Å²) in [6, 6.07) is 0. The molecule has 0 aromatic rings. The van der Waals surface area contributed by atoms with Crippen molar-refractivity contribution in [1.29, 1.82) is 0 Å². The van der Waals surface area contributed by atoms with Crippen molar-refractivity contribution >= 4 is 94.1 Å². The third-order valence-electron chi connectivity index (χ3n) is 4.15. The van der Waals surface area contributed by atoms with Crippen molar-refractivity contribution < 1.29 is 0 Å². The Labute approximate surface area is 188 Å². The Morgan fingerprint density at radius 3 is 1.50 bits per heavy atom. The van der Waals surface area contributed by atoms with E-state index in [1.807, 2.05) is 94.1 Å². The van der Waals surface area contributed by atoms with Crippen LogP contribution in [0.5, 0.6) is 0 Å². The average Bonchev–Trinajstić information content (AvgIpc) is 3.48. The van der Waals surface area contributed by atoms with Crippen LogP contribution >= 0.6 is 94.1 Å². The molecular weight excluding hydrogens is 473 g/mol. The van der Waals surface area contributed by atoms with Crippen molar-refractivity contribution in [1.82, 2.24) is 0 Å². The van der Waals surface area contributed by atoms with Crippen molar-refractivity contribution in [2.45, 2.75) is 25.7 Å². The Balaban J connectivity index is 1.42. The first-order valence-corrected chi connectivity index (χ1v) is 15.1. The largest absolute Gasteiger partial charge is 0.0884 e. The van der Waals surface area contributed by atoms with Gasteiger partial charge in [-0.05, 0) is 58.1 Å². The SMILES string of the molecule is C1=CSC(=C2SC=C(C(C3=CSC(=C4SC=CS4)S3)=C3CCCC3)S2)S1. The Hall–Kier alpha value is 0.980. The van der Waals surface area contributed by atoms with Gasteiger partial charge in [0.1, 0.15) is 0 Å². The van der Waals surface area contributed by atoms with Crippen LogP contribution in [0.1, 0.15) is 25.7 Å². The minimum Gasteiger partial charge on any atom is -0.0884 e. The summed E-state index contributed by atoms with van der Waals surface area (Å²) in [5, 5.41) is 13.6. The van der Waals surface area contributed by atoms with Gasteiger partial charge < -0.3 is 0 Å². The summed E-state index contributed by atoms with van der Waals surface area (Å²) in [4.78, 5) is 2.94. The van der Waals surface area contributed by atoms with Gasteiger partial charge in [-0.2, -0.15) is 0 Å². The molecule has 0 aromatic carbocycles. The molecule has 0 unspecified atom stereocenters. The third-order valence-corrected chi connectivity index (χ3v) is 14.2. The van der Waals surface area contributed by atoms with E-state index >= 15 is 0 Å². The molecule has 1 aliphatic carbocycles. The van der Waals surface area contributed by atoms with E-state index in [2.05, 4.69) is 32.4 Å². The van der Waals surface area contributed by atoms with E-state index in [-0.39, 0.29) is 0 Å². The second-order valence-corrected chi connectivity index (χ2v) is 14.3. The van der Waals surface area contributed by atoms with E-state index in [1.165, 1.54) is 52.4 Å². The van der Waals surface area contributed by atoms with Crippen molar-refractivity contribution in [3.05, 3.63) is 70.4 Å². The molecule has 0 atom stereocenters. The van der Waals surface area contributed by atoms with Gasteiger partial charge in [0.25, 0.3) is 0 Å². The smallest absolute Gasteiger partial charge is 0.0700 e. The summed E-state index contributed by atoms with van der Waals surface area (Å²) in [6.07, 6.45) is 5.24. The van der Waals surface area contributed by atoms with Gasteiger partial charge in [-0.1, -0.05) is 99.7 Å². The van der Waals surface area contributed by atoms with Gasteiger partial charge in [0, 0.05) is 15.4 Å². The second kappa shape index (κ2) is 8.78. The summed E-state index contributed by atoms with van der Waals surface area (Å²) >= 11 is 15.2. The van der Waals surface area contributed by atoms with E-state index in [0.29, 0.717) is 0 Å². The summed E-state index contributed by atoms with van der Waals surface area (Å²) in [7, 11) is 0. The van der Waals surface area contributed by atoms with Gasteiger partial charge in [0.15, 0.2) is 0 Å². The van der Waals surface area contributed by atoms with Gasteiger partial charge in [0.05, 0.1) is 16.9 Å². The van der Waals surface area contributed by atoms with Gasteiger partial charge in [-0.25, -0.2) is 0 Å². The maximum Gasteiger partial charge on any atom is 0.0700 e. The summed E-state index contributed by atoms with van der Waals surface area (Å²) in [6.45, 7) is 0. The lowest BCUT2D eigenvalue weighted by molar-refractivity contribution is 0.886. The quantitative estimate of drug-likeness (QED) is 0.373. The zero-order valence-electron chi connectivity index (χ0n) is 13.6. The minimum atomic E-state index is 1.27. The normalized spacial score (nSPS) is 25.2. The highest BCUT2D eigenvalue weighted by molar-refractivity contribution is 8.34. The highest BCUT2D eigenvalue weighted by atomic mass is 32.2. The van der Waals surface area contributed by atoms with Gasteiger partial charge in [-0.15, -0.1) is 0 Å². The first-order chi connectivity index (χ1) is 12.9. The van der Waals surface area contributed by atoms with Crippen LogP contribution < -0.4 is 0 Å². The van der Waals surface area contributed by atoms with Gasteiger partial charge in [-0.3, -0.25) is 0 Å². The highest BCUT2D eigenvalue weighted by Crippen LogP contribution is 2.60. The summed E-state index contributed by atoms with van der Waals surface area (Å²) < 4.78 is 5.79. The average molecular weight is 487 g/mol. The Bertz CT molecular complexity index is 764. The second-order valence-electron chi connectivity index (χ2n) is 5.76. The lowest BCUT2D eigenvalue weighted by Gasteiger charge is -2.13. The van der Waals surface area contributed by atoms with E-state index in [0.717, 1.165) is 0 Å². The standard InChI is InChI=1S/C18H14S8/c1-2-4-11(3-1)14(12-9-23-17(25-12)15-19-5-6-20-15)13-10-24-18(26-13)16-21-7-8-22-16/h5-10H,1-4H2. The lowest BCUT2D eigenvalue weighted by Crippen LogP contribution is -1.91. The molecule has 1 saturated carbocycles. The molecule has 0 radical (unpaired) electrons. The molecule has 0 N–H and O–H groups in total. The third kappa shape index (κ3) is 3.99. The van der Waals surface area contributed by atoms with E-state index in [1.54, 1.807) is 11.1 Å². The number of hydrogen-bond donors (Lipinski definition) is 0. The highest BCUT2D eigenvalue weighted by Gasteiger charge is 2.29. The van der Waals surface area contributed by atoms with Crippen LogP contribution in [-0.2, 0) is 0 Å². The van der Waals surface area contributed by atoms with E-state index < -0.39 is 0 Å². The maximum atomic E-state index is 2.39. The molecule has 0 aromatic heterocycles. The molecule has 0 amide bonds. The molecule has 1 fully saturated rings. The van der Waals surface area contributed by atoms with Crippen LogP contribution in [-0.4, -0.2) is 0 Å². The molecule has 0 spiro atoms. The fourth-order valence-corrected chi connectivity index (χ4v) is 12.2. The Morgan fingerprint density at radius 2 is 1.04 bits per heavy atom. The molecule has 5 aliphatic rings. The number of rotatable bonds is 2. The first kappa shape index (κ1) is 19.0. The zero-order chi connectivity index (χ0) is 17.3. The molecule has 0 saturated heterocycles. The van der Waals surface area contributed by atoms with Crippen LogP contribution in [0.25, 0.3) is 0 Å². The molecule has 4 heterocycles. The topological polar surface area (TPSA) is 0 Å². The van der Waals surface area contributed by atoms with Crippen LogP contribution in [0.3, 0.4) is 0 Å². The first-order valence-electron chi connectivity index (χ1n) is 8.16. The van der Waals surface area contributed by atoms with Crippen molar-refractivity contribution in [2.24, 2.45) is 0 Å². The fourth-order valence-electron chi connectivity index (χ4n) is 3.04. The Morgan fingerprint density at radius 1 is 0.577 bits per heavy atom. The molecule has 4 aliphatic heterocycles. The van der Waals surface area contributed by atoms with Crippen LogP contribution in [0.4, 0.5) is 0 Å². The summed E-state index contributed by atoms with van der Waals surface area (Å²) in [5.74, 6) is 0. The predicted molar refractivity (Wildman–Crippen MR) is 135 cm³/mol. The minimum absolute atomic E-state index is 1.27. The predicted octanol–water partition coefficient (Wildman–Crippen LogP) is 9.66. The van der Waals surface area contributed by atoms with E-state index in [9.17, 15) is 0 Å².